The van der Waals surface area contributed by atoms with E-state index in [2.05, 4.69) is 20.6 Å². The molecule has 0 saturated carbocycles. The van der Waals surface area contributed by atoms with E-state index in [1.807, 2.05) is 0 Å². The molecule has 0 aliphatic carbocycles. The van der Waals surface area contributed by atoms with Crippen molar-refractivity contribution in [1.82, 2.24) is 5.43 Å². The summed E-state index contributed by atoms with van der Waals surface area (Å²) in [5, 5.41) is 7.25. The zero-order chi connectivity index (χ0) is 15.8. The molecular formula is C13H15Cl2N3O3. The van der Waals surface area contributed by atoms with Crippen molar-refractivity contribution in [2.45, 2.75) is 13.3 Å². The van der Waals surface area contributed by atoms with Crippen LogP contribution in [0, 0.1) is 0 Å². The van der Waals surface area contributed by atoms with E-state index in [9.17, 15) is 9.59 Å². The second-order valence-corrected chi connectivity index (χ2v) is 5.01. The number of amides is 2. The molecule has 0 radical (unpaired) electrons. The number of rotatable bonds is 6. The molecule has 0 spiro atoms. The van der Waals surface area contributed by atoms with Crippen LogP contribution in [0.15, 0.2) is 23.3 Å². The number of halogens is 2. The number of nitrogens with zero attached hydrogens (tertiary/aromatic N) is 1. The van der Waals surface area contributed by atoms with Crippen molar-refractivity contribution in [2.24, 2.45) is 5.10 Å². The first-order chi connectivity index (χ1) is 9.92. The zero-order valence-corrected chi connectivity index (χ0v) is 13.1. The number of hydrazone groups is 1. The quantitative estimate of drug-likeness (QED) is 0.620. The van der Waals surface area contributed by atoms with E-state index in [1.165, 1.54) is 7.11 Å². The van der Waals surface area contributed by atoms with Gasteiger partial charge < -0.3 is 10.1 Å². The molecule has 0 aliphatic rings. The van der Waals surface area contributed by atoms with Crippen LogP contribution >= 0.6 is 23.2 Å². The van der Waals surface area contributed by atoms with Gasteiger partial charge in [-0.25, -0.2) is 5.43 Å². The third-order valence-corrected chi connectivity index (χ3v) is 2.83. The summed E-state index contributed by atoms with van der Waals surface area (Å²) in [6, 6.07) is 4.76. The lowest BCUT2D eigenvalue weighted by Crippen LogP contribution is -2.24. The van der Waals surface area contributed by atoms with Gasteiger partial charge in [-0.05, 0) is 25.1 Å². The lowest BCUT2D eigenvalue weighted by molar-refractivity contribution is -0.124. The average molecular weight is 332 g/mol. The smallest absolute Gasteiger partial charge is 0.266 e. The SMILES string of the molecule is COCC(=O)NN=C(C)CC(=O)Nc1cc(Cl)ccc1Cl. The Labute approximate surface area is 132 Å². The van der Waals surface area contributed by atoms with Crippen molar-refractivity contribution >= 4 is 46.4 Å². The maximum absolute atomic E-state index is 11.8. The van der Waals surface area contributed by atoms with Gasteiger partial charge in [-0.1, -0.05) is 23.2 Å². The summed E-state index contributed by atoms with van der Waals surface area (Å²) >= 11 is 11.8. The molecule has 2 amide bonds. The molecule has 0 bridgehead atoms. The molecule has 0 fully saturated rings. The third-order valence-electron chi connectivity index (χ3n) is 2.27. The Morgan fingerprint density at radius 3 is 2.67 bits per heavy atom. The fourth-order valence-corrected chi connectivity index (χ4v) is 1.72. The number of anilines is 1. The molecule has 8 heteroatoms. The van der Waals surface area contributed by atoms with E-state index in [0.29, 0.717) is 21.4 Å². The number of carbonyl (C=O) groups is 2. The van der Waals surface area contributed by atoms with Gasteiger partial charge in [0.1, 0.15) is 6.61 Å². The molecule has 6 nitrogen and oxygen atoms in total. The third kappa shape index (κ3) is 6.57. The number of hydrogen-bond acceptors (Lipinski definition) is 4. The summed E-state index contributed by atoms with van der Waals surface area (Å²) in [6.07, 6.45) is 0.0100. The molecule has 2 N–H and O–H groups in total. The number of carbonyl (C=O) groups excluding carboxylic acids is 2. The lowest BCUT2D eigenvalue weighted by atomic mass is 10.2. The molecule has 21 heavy (non-hydrogen) atoms. The number of nitrogens with one attached hydrogen (secondary N) is 2. The largest absolute Gasteiger partial charge is 0.375 e. The summed E-state index contributed by atoms with van der Waals surface area (Å²) in [7, 11) is 1.40. The van der Waals surface area contributed by atoms with E-state index in [4.69, 9.17) is 23.2 Å². The highest BCUT2D eigenvalue weighted by atomic mass is 35.5. The van der Waals surface area contributed by atoms with Crippen molar-refractivity contribution in [2.75, 3.05) is 19.0 Å². The van der Waals surface area contributed by atoms with E-state index in [-0.39, 0.29) is 18.9 Å². The van der Waals surface area contributed by atoms with E-state index in [1.54, 1.807) is 25.1 Å². The van der Waals surface area contributed by atoms with Crippen LogP contribution in [0.3, 0.4) is 0 Å². The molecular weight excluding hydrogens is 317 g/mol. The predicted octanol–water partition coefficient (Wildman–Crippen LogP) is 2.46. The molecule has 1 aromatic carbocycles. The fourth-order valence-electron chi connectivity index (χ4n) is 1.38. The molecule has 0 aromatic heterocycles. The Balaban J connectivity index is 2.55. The minimum Gasteiger partial charge on any atom is -0.375 e. The average Bonchev–Trinajstić information content (AvgIpc) is 2.41. The Morgan fingerprint density at radius 1 is 1.29 bits per heavy atom. The Morgan fingerprint density at radius 2 is 2.00 bits per heavy atom. The zero-order valence-electron chi connectivity index (χ0n) is 11.6. The molecule has 0 saturated heterocycles. The normalized spacial score (nSPS) is 11.1. The van der Waals surface area contributed by atoms with Gasteiger partial charge in [0.05, 0.1) is 17.1 Å². The standard InChI is InChI=1S/C13H15Cl2N3O3/c1-8(17-18-13(20)7-21-2)5-12(19)16-11-6-9(14)3-4-10(11)15/h3-4,6H,5,7H2,1-2H3,(H,16,19)(H,18,20). The summed E-state index contributed by atoms with van der Waals surface area (Å²) in [5.74, 6) is -0.712. The van der Waals surface area contributed by atoms with Crippen molar-refractivity contribution in [1.29, 1.82) is 0 Å². The van der Waals surface area contributed by atoms with Gasteiger partial charge in [-0.3, -0.25) is 9.59 Å². The van der Waals surface area contributed by atoms with Crippen molar-refractivity contribution in [3.8, 4) is 0 Å². The Bertz CT molecular complexity index is 562. The van der Waals surface area contributed by atoms with Crippen molar-refractivity contribution < 1.29 is 14.3 Å². The van der Waals surface area contributed by atoms with Gasteiger partial charge in [0, 0.05) is 17.8 Å². The first-order valence-corrected chi connectivity index (χ1v) is 6.73. The minimum absolute atomic E-state index is 0.0100. The first-order valence-electron chi connectivity index (χ1n) is 5.98. The highest BCUT2D eigenvalue weighted by molar-refractivity contribution is 6.35. The first kappa shape index (κ1) is 17.4. The topological polar surface area (TPSA) is 79.8 Å². The summed E-state index contributed by atoms with van der Waals surface area (Å²) in [6.45, 7) is 1.52. The molecule has 114 valence electrons. The number of methoxy groups -OCH3 is 1. The minimum atomic E-state index is -0.393. The Hall–Kier alpha value is -1.63. The summed E-state index contributed by atoms with van der Waals surface area (Å²) in [4.78, 5) is 23.0. The van der Waals surface area contributed by atoms with Crippen LogP contribution in [0.4, 0.5) is 5.69 Å². The van der Waals surface area contributed by atoms with Crippen molar-refractivity contribution in [3.63, 3.8) is 0 Å². The van der Waals surface area contributed by atoms with Crippen LogP contribution < -0.4 is 10.7 Å². The van der Waals surface area contributed by atoms with Gasteiger partial charge in [0.15, 0.2) is 0 Å². The molecule has 0 aliphatic heterocycles. The second kappa shape index (κ2) is 8.61. The van der Waals surface area contributed by atoms with Gasteiger partial charge >= 0.3 is 0 Å². The molecule has 0 atom stereocenters. The van der Waals surface area contributed by atoms with Gasteiger partial charge in [0.25, 0.3) is 5.91 Å². The van der Waals surface area contributed by atoms with Gasteiger partial charge in [-0.2, -0.15) is 5.10 Å². The fraction of sp³-hybridized carbons (Fsp3) is 0.308. The summed E-state index contributed by atoms with van der Waals surface area (Å²) < 4.78 is 4.63. The van der Waals surface area contributed by atoms with Crippen LogP contribution in [-0.2, 0) is 14.3 Å². The second-order valence-electron chi connectivity index (χ2n) is 4.16. The lowest BCUT2D eigenvalue weighted by Gasteiger charge is -2.07. The molecule has 0 heterocycles. The van der Waals surface area contributed by atoms with Crippen LogP contribution in [0.25, 0.3) is 0 Å². The van der Waals surface area contributed by atoms with Crippen LogP contribution in [-0.4, -0.2) is 31.2 Å². The number of ether oxygens (including phenoxy) is 1. The highest BCUT2D eigenvalue weighted by Crippen LogP contribution is 2.25. The maximum atomic E-state index is 11.8. The van der Waals surface area contributed by atoms with Crippen LogP contribution in [0.2, 0.25) is 10.0 Å². The molecule has 0 unspecified atom stereocenters. The van der Waals surface area contributed by atoms with Crippen molar-refractivity contribution in [3.05, 3.63) is 28.2 Å². The Kier molecular flexibility index (Phi) is 7.14. The van der Waals surface area contributed by atoms with Gasteiger partial charge in [-0.15, -0.1) is 0 Å². The van der Waals surface area contributed by atoms with E-state index < -0.39 is 5.91 Å². The molecule has 1 aromatic rings. The van der Waals surface area contributed by atoms with E-state index in [0.717, 1.165) is 0 Å². The molecule has 1 rings (SSSR count). The highest BCUT2D eigenvalue weighted by Gasteiger charge is 2.08. The maximum Gasteiger partial charge on any atom is 0.266 e. The number of hydrogen-bond donors (Lipinski definition) is 2. The van der Waals surface area contributed by atoms with Crippen LogP contribution in [0.1, 0.15) is 13.3 Å². The predicted molar refractivity (Wildman–Crippen MR) is 82.8 cm³/mol. The van der Waals surface area contributed by atoms with E-state index >= 15 is 0 Å². The van der Waals surface area contributed by atoms with Gasteiger partial charge in [0.2, 0.25) is 5.91 Å². The van der Waals surface area contributed by atoms with Crippen LogP contribution in [0.5, 0.6) is 0 Å². The number of benzene rings is 1. The summed E-state index contributed by atoms with van der Waals surface area (Å²) in [5.41, 5.74) is 3.13. The monoisotopic (exact) mass is 331 g/mol.